The summed E-state index contributed by atoms with van der Waals surface area (Å²) in [6.45, 7) is 2.92. The topological polar surface area (TPSA) is 208 Å². The maximum atomic E-state index is 12.3. The van der Waals surface area contributed by atoms with Crippen LogP contribution in [0, 0.1) is 5.41 Å². The van der Waals surface area contributed by atoms with Gasteiger partial charge in [0, 0.05) is 13.1 Å². The van der Waals surface area contributed by atoms with Crippen LogP contribution in [0.1, 0.15) is 44.9 Å². The quantitative estimate of drug-likeness (QED) is 0.0424. The summed E-state index contributed by atoms with van der Waals surface area (Å²) in [4.78, 5) is 24.4. The standard InChI is InChI=1S/C19H41N7O5/c20-7-5-9-23-8-3-4-10-24-17(30)18(31-13-12-27)26-16(29)14-15(28)6-1-2-11-25-19(21)22/h15,18,23,27-28H,1-14,20H2,(H,24,30)(H,26,29)(H4,21,22,25). The third-order valence-corrected chi connectivity index (χ3v) is 4.24. The molecule has 2 amide bonds. The number of hydrogen-bond donors (Lipinski definition) is 9. The van der Waals surface area contributed by atoms with E-state index in [4.69, 9.17) is 26.7 Å². The van der Waals surface area contributed by atoms with Gasteiger partial charge in [0.15, 0.2) is 5.96 Å². The van der Waals surface area contributed by atoms with Gasteiger partial charge in [-0.3, -0.25) is 15.0 Å². The fourth-order valence-electron chi connectivity index (χ4n) is 2.63. The van der Waals surface area contributed by atoms with Gasteiger partial charge in [0.1, 0.15) is 0 Å². The molecule has 0 spiro atoms. The molecule has 2 unspecified atom stereocenters. The number of ether oxygens (including phenoxy) is 1. The molecule has 2 atom stereocenters. The van der Waals surface area contributed by atoms with Crippen LogP contribution in [0.15, 0.2) is 0 Å². The first-order chi connectivity index (χ1) is 14.9. The Morgan fingerprint density at radius 3 is 2.32 bits per heavy atom. The Morgan fingerprint density at radius 2 is 1.65 bits per heavy atom. The highest BCUT2D eigenvalue weighted by molar-refractivity contribution is 5.86. The summed E-state index contributed by atoms with van der Waals surface area (Å²) in [5.74, 6) is -1.12. The Hall–Kier alpha value is -1.99. The number of carbonyl (C=O) groups excluding carboxylic acids is 2. The molecule has 182 valence electrons. The Kier molecular flexibility index (Phi) is 18.7. The molecule has 0 fully saturated rings. The highest BCUT2D eigenvalue weighted by Crippen LogP contribution is 2.05. The van der Waals surface area contributed by atoms with Gasteiger partial charge in [0.05, 0.1) is 25.7 Å². The van der Waals surface area contributed by atoms with Crippen molar-refractivity contribution in [2.75, 3.05) is 45.9 Å². The van der Waals surface area contributed by atoms with Crippen LogP contribution < -0.4 is 32.7 Å². The molecular weight excluding hydrogens is 406 g/mol. The largest absolute Gasteiger partial charge is 0.394 e. The predicted octanol–water partition coefficient (Wildman–Crippen LogP) is -2.32. The van der Waals surface area contributed by atoms with E-state index in [9.17, 15) is 14.7 Å². The van der Waals surface area contributed by atoms with E-state index >= 15 is 0 Å². The Balaban J connectivity index is 4.15. The number of rotatable bonds is 20. The lowest BCUT2D eigenvalue weighted by molar-refractivity contribution is -0.142. The van der Waals surface area contributed by atoms with E-state index in [0.29, 0.717) is 38.9 Å². The third-order valence-electron chi connectivity index (χ3n) is 4.24. The van der Waals surface area contributed by atoms with Crippen LogP contribution in [0.25, 0.3) is 0 Å². The lowest BCUT2D eigenvalue weighted by Gasteiger charge is -2.19. The van der Waals surface area contributed by atoms with Gasteiger partial charge in [-0.15, -0.1) is 0 Å². The smallest absolute Gasteiger partial charge is 0.270 e. The summed E-state index contributed by atoms with van der Waals surface area (Å²) in [7, 11) is 0. The van der Waals surface area contributed by atoms with Crippen LogP contribution in [0.2, 0.25) is 0 Å². The summed E-state index contributed by atoms with van der Waals surface area (Å²) in [6.07, 6.45) is 2.08. The number of aliphatic hydroxyl groups is 2. The van der Waals surface area contributed by atoms with Crippen LogP contribution in [0.5, 0.6) is 0 Å². The second kappa shape index (κ2) is 19.9. The molecule has 0 aliphatic rings. The minimum absolute atomic E-state index is 0.102. The van der Waals surface area contributed by atoms with Gasteiger partial charge in [-0.1, -0.05) is 0 Å². The highest BCUT2D eigenvalue weighted by Gasteiger charge is 2.22. The summed E-state index contributed by atoms with van der Waals surface area (Å²) in [6, 6.07) is 0. The number of nitrogens with two attached hydrogens (primary N) is 2. The first kappa shape index (κ1) is 29.0. The van der Waals surface area contributed by atoms with E-state index in [1.165, 1.54) is 0 Å². The van der Waals surface area contributed by atoms with Crippen LogP contribution in [0.3, 0.4) is 0 Å². The molecule has 11 N–H and O–H groups in total. The molecule has 12 nitrogen and oxygen atoms in total. The number of aliphatic hydroxyl groups excluding tert-OH is 2. The molecule has 0 aromatic rings. The highest BCUT2D eigenvalue weighted by atomic mass is 16.5. The maximum absolute atomic E-state index is 12.3. The van der Waals surface area contributed by atoms with Crippen molar-refractivity contribution < 1.29 is 24.5 Å². The SMILES string of the molecule is N=C(N)NCCCCC(O)CC(=O)NC(OCCO)C(=O)NCCCCNCCCN. The van der Waals surface area contributed by atoms with Crippen molar-refractivity contribution in [2.24, 2.45) is 11.5 Å². The molecule has 0 rings (SSSR count). The van der Waals surface area contributed by atoms with Crippen LogP contribution >= 0.6 is 0 Å². The molecule has 0 aromatic carbocycles. The molecule has 0 aliphatic carbocycles. The summed E-state index contributed by atoms with van der Waals surface area (Å²) in [5.41, 5.74) is 10.6. The molecule has 0 aliphatic heterocycles. The van der Waals surface area contributed by atoms with E-state index in [1.807, 2.05) is 0 Å². The van der Waals surface area contributed by atoms with Gasteiger partial charge in [0.2, 0.25) is 12.1 Å². The minimum atomic E-state index is -1.23. The lowest BCUT2D eigenvalue weighted by atomic mass is 10.1. The zero-order valence-electron chi connectivity index (χ0n) is 18.3. The average Bonchev–Trinajstić information content (AvgIpc) is 2.72. The van der Waals surface area contributed by atoms with Crippen molar-refractivity contribution in [1.29, 1.82) is 5.41 Å². The van der Waals surface area contributed by atoms with Crippen molar-refractivity contribution in [2.45, 2.75) is 57.3 Å². The average molecular weight is 448 g/mol. The molecule has 0 radical (unpaired) electrons. The van der Waals surface area contributed by atoms with Gasteiger partial charge in [-0.2, -0.15) is 0 Å². The maximum Gasteiger partial charge on any atom is 0.270 e. The zero-order valence-corrected chi connectivity index (χ0v) is 18.3. The molecular formula is C19H41N7O5. The summed E-state index contributed by atoms with van der Waals surface area (Å²) >= 11 is 0. The van der Waals surface area contributed by atoms with Gasteiger partial charge in [-0.05, 0) is 58.2 Å². The number of guanidine groups is 1. The fraction of sp³-hybridized carbons (Fsp3) is 0.842. The number of nitrogens with one attached hydrogen (secondary N) is 5. The Bertz CT molecular complexity index is 496. The third kappa shape index (κ3) is 18.5. The molecule has 12 heteroatoms. The van der Waals surface area contributed by atoms with E-state index in [0.717, 1.165) is 32.4 Å². The van der Waals surface area contributed by atoms with Gasteiger partial charge >= 0.3 is 0 Å². The molecule has 0 aromatic heterocycles. The van der Waals surface area contributed by atoms with E-state index in [-0.39, 0.29) is 25.6 Å². The molecule has 0 saturated heterocycles. The first-order valence-corrected chi connectivity index (χ1v) is 10.9. The molecule has 0 bridgehead atoms. The van der Waals surface area contributed by atoms with Gasteiger partial charge in [0.25, 0.3) is 5.91 Å². The van der Waals surface area contributed by atoms with Crippen molar-refractivity contribution >= 4 is 17.8 Å². The normalized spacial score (nSPS) is 12.7. The number of amides is 2. The Labute approximate surface area is 184 Å². The fourth-order valence-corrected chi connectivity index (χ4v) is 2.63. The first-order valence-electron chi connectivity index (χ1n) is 10.9. The molecule has 0 saturated carbocycles. The minimum Gasteiger partial charge on any atom is -0.394 e. The molecule has 0 heterocycles. The van der Waals surface area contributed by atoms with Crippen molar-refractivity contribution in [3.05, 3.63) is 0 Å². The van der Waals surface area contributed by atoms with Gasteiger partial charge in [-0.25, -0.2) is 0 Å². The van der Waals surface area contributed by atoms with E-state index in [1.54, 1.807) is 0 Å². The number of hydrogen-bond acceptors (Lipinski definition) is 8. The van der Waals surface area contributed by atoms with Crippen LogP contribution in [0.4, 0.5) is 0 Å². The summed E-state index contributed by atoms with van der Waals surface area (Å²) in [5, 5.41) is 37.0. The number of carbonyl (C=O) groups is 2. The second-order valence-corrected chi connectivity index (χ2v) is 7.13. The van der Waals surface area contributed by atoms with Crippen molar-refractivity contribution in [3.63, 3.8) is 0 Å². The number of unbranched alkanes of at least 4 members (excludes halogenated alkanes) is 2. The summed E-state index contributed by atoms with van der Waals surface area (Å²) < 4.78 is 5.22. The van der Waals surface area contributed by atoms with Crippen LogP contribution in [-0.4, -0.2) is 86.3 Å². The monoisotopic (exact) mass is 447 g/mol. The molecule has 31 heavy (non-hydrogen) atoms. The van der Waals surface area contributed by atoms with Gasteiger partial charge < -0.3 is 47.7 Å². The zero-order chi connectivity index (χ0) is 23.3. The van der Waals surface area contributed by atoms with Crippen molar-refractivity contribution in [1.82, 2.24) is 21.3 Å². The lowest BCUT2D eigenvalue weighted by Crippen LogP contribution is -2.49. The predicted molar refractivity (Wildman–Crippen MR) is 118 cm³/mol. The Morgan fingerprint density at radius 1 is 1.00 bits per heavy atom. The van der Waals surface area contributed by atoms with Crippen molar-refractivity contribution in [3.8, 4) is 0 Å². The van der Waals surface area contributed by atoms with Crippen LogP contribution in [-0.2, 0) is 14.3 Å². The second-order valence-electron chi connectivity index (χ2n) is 7.13. The van der Waals surface area contributed by atoms with E-state index < -0.39 is 24.1 Å². The van der Waals surface area contributed by atoms with E-state index in [2.05, 4.69) is 21.3 Å².